The summed E-state index contributed by atoms with van der Waals surface area (Å²) in [7, 11) is 0. The number of unbranched alkanes of at least 4 members (excludes halogenated alkanes) is 1. The van der Waals surface area contributed by atoms with Gasteiger partial charge in [-0.2, -0.15) is 0 Å². The fourth-order valence-corrected chi connectivity index (χ4v) is 5.81. The van der Waals surface area contributed by atoms with Crippen LogP contribution in [0.5, 0.6) is 5.75 Å². The second kappa shape index (κ2) is 8.08. The lowest BCUT2D eigenvalue weighted by Crippen LogP contribution is -2.09. The van der Waals surface area contributed by atoms with Gasteiger partial charge >= 0.3 is 0 Å². The van der Waals surface area contributed by atoms with Crippen molar-refractivity contribution < 1.29 is 5.11 Å². The zero-order chi connectivity index (χ0) is 17.9. The molecule has 1 N–H and O–H groups in total. The maximum absolute atomic E-state index is 10.9. The minimum atomic E-state index is 0.488. The summed E-state index contributed by atoms with van der Waals surface area (Å²) in [5.74, 6) is 1.65. The fourth-order valence-electron chi connectivity index (χ4n) is 4.62. The number of phenols is 1. The molecule has 2 aromatic carbocycles. The average Bonchev–Trinajstić information content (AvgIpc) is 2.68. The first-order valence-electron chi connectivity index (χ1n) is 10.4. The molecule has 0 heterocycles. The molecule has 0 fully saturated rings. The molecule has 1 nitrogen and oxygen atoms in total. The van der Waals surface area contributed by atoms with Gasteiger partial charge in [0.2, 0.25) is 0 Å². The Balaban J connectivity index is 1.89. The Labute approximate surface area is 162 Å². The molecular weight excluding hydrogens is 336 g/mol. The predicted octanol–water partition coefficient (Wildman–Crippen LogP) is 6.71. The van der Waals surface area contributed by atoms with E-state index in [4.69, 9.17) is 0 Å². The van der Waals surface area contributed by atoms with E-state index in [9.17, 15) is 5.11 Å². The first-order valence-corrected chi connectivity index (χ1v) is 11.4. The molecule has 0 spiro atoms. The van der Waals surface area contributed by atoms with Crippen molar-refractivity contribution in [3.8, 4) is 16.9 Å². The van der Waals surface area contributed by atoms with Gasteiger partial charge in [-0.05, 0) is 97.9 Å². The largest absolute Gasteiger partial charge is 0.507 e. The highest BCUT2D eigenvalue weighted by Crippen LogP contribution is 2.46. The molecule has 0 radical (unpaired) electrons. The lowest BCUT2D eigenvalue weighted by atomic mass is 9.80. The van der Waals surface area contributed by atoms with Crippen LogP contribution in [-0.2, 0) is 25.7 Å². The van der Waals surface area contributed by atoms with E-state index in [1.165, 1.54) is 83.2 Å². The molecule has 2 aliphatic carbocycles. The molecule has 0 aliphatic heterocycles. The van der Waals surface area contributed by atoms with Gasteiger partial charge in [-0.15, -0.1) is 11.8 Å². The van der Waals surface area contributed by atoms with Crippen LogP contribution in [0.1, 0.15) is 67.7 Å². The summed E-state index contributed by atoms with van der Waals surface area (Å²) in [6, 6.07) is 8.80. The highest BCUT2D eigenvalue weighted by molar-refractivity contribution is 7.99. The molecule has 0 saturated carbocycles. The SMILES string of the molecule is CCCCSc1ccc2c(c1-c1c(O)ccc3c1CCCC3)CCCC2. The third-order valence-electron chi connectivity index (χ3n) is 6.01. The third-order valence-corrected chi connectivity index (χ3v) is 7.15. The van der Waals surface area contributed by atoms with E-state index in [2.05, 4.69) is 25.1 Å². The maximum atomic E-state index is 10.9. The van der Waals surface area contributed by atoms with Crippen LogP contribution in [0.2, 0.25) is 0 Å². The summed E-state index contributed by atoms with van der Waals surface area (Å²) in [6.07, 6.45) is 12.2. The number of benzene rings is 2. The maximum Gasteiger partial charge on any atom is 0.123 e. The van der Waals surface area contributed by atoms with Gasteiger partial charge in [0.1, 0.15) is 5.75 Å². The Morgan fingerprint density at radius 2 is 1.42 bits per heavy atom. The molecule has 0 bridgehead atoms. The summed E-state index contributed by atoms with van der Waals surface area (Å²) < 4.78 is 0. The van der Waals surface area contributed by atoms with Gasteiger partial charge in [-0.3, -0.25) is 0 Å². The topological polar surface area (TPSA) is 20.2 Å². The van der Waals surface area contributed by atoms with Gasteiger partial charge in [-0.1, -0.05) is 25.5 Å². The molecule has 0 saturated heterocycles. The van der Waals surface area contributed by atoms with E-state index in [0.717, 1.165) is 25.0 Å². The molecule has 2 aromatic rings. The van der Waals surface area contributed by atoms with Crippen LogP contribution >= 0.6 is 11.8 Å². The lowest BCUT2D eigenvalue weighted by molar-refractivity contribution is 0.475. The van der Waals surface area contributed by atoms with Gasteiger partial charge in [-0.25, -0.2) is 0 Å². The van der Waals surface area contributed by atoms with Crippen LogP contribution in [-0.4, -0.2) is 10.9 Å². The number of hydrogen-bond acceptors (Lipinski definition) is 2. The second-order valence-electron chi connectivity index (χ2n) is 7.79. The number of aromatic hydroxyl groups is 1. The monoisotopic (exact) mass is 366 g/mol. The van der Waals surface area contributed by atoms with Crippen LogP contribution in [0.15, 0.2) is 29.2 Å². The van der Waals surface area contributed by atoms with E-state index >= 15 is 0 Å². The lowest BCUT2D eigenvalue weighted by Gasteiger charge is -2.27. The Morgan fingerprint density at radius 1 is 0.808 bits per heavy atom. The minimum Gasteiger partial charge on any atom is -0.507 e. The van der Waals surface area contributed by atoms with Crippen LogP contribution in [0.25, 0.3) is 11.1 Å². The number of rotatable bonds is 5. The number of aryl methyl sites for hydroxylation is 2. The Morgan fingerprint density at radius 3 is 2.12 bits per heavy atom. The summed E-state index contributed by atoms with van der Waals surface area (Å²) in [6.45, 7) is 2.26. The summed E-state index contributed by atoms with van der Waals surface area (Å²) >= 11 is 1.99. The summed E-state index contributed by atoms with van der Waals surface area (Å²) in [5.41, 5.74) is 8.46. The minimum absolute atomic E-state index is 0.488. The fraction of sp³-hybridized carbons (Fsp3) is 0.500. The van der Waals surface area contributed by atoms with Gasteiger partial charge < -0.3 is 5.11 Å². The molecule has 0 atom stereocenters. The van der Waals surface area contributed by atoms with E-state index in [1.54, 1.807) is 0 Å². The summed E-state index contributed by atoms with van der Waals surface area (Å²) in [4.78, 5) is 1.38. The number of hydrogen-bond donors (Lipinski definition) is 1. The molecule has 4 rings (SSSR count). The highest BCUT2D eigenvalue weighted by Gasteiger charge is 2.24. The normalized spacial score (nSPS) is 16.2. The van der Waals surface area contributed by atoms with E-state index in [1.807, 2.05) is 17.8 Å². The van der Waals surface area contributed by atoms with Gasteiger partial charge in [0.25, 0.3) is 0 Å². The molecule has 0 aromatic heterocycles. The molecule has 26 heavy (non-hydrogen) atoms. The zero-order valence-electron chi connectivity index (χ0n) is 15.9. The predicted molar refractivity (Wildman–Crippen MR) is 112 cm³/mol. The van der Waals surface area contributed by atoms with Gasteiger partial charge in [0.15, 0.2) is 0 Å². The number of phenolic OH excluding ortho intramolecular Hbond substituents is 1. The molecular formula is C24H30OS. The van der Waals surface area contributed by atoms with Gasteiger partial charge in [0, 0.05) is 16.0 Å². The van der Waals surface area contributed by atoms with Crippen LogP contribution in [0.3, 0.4) is 0 Å². The van der Waals surface area contributed by atoms with E-state index in [0.29, 0.717) is 5.75 Å². The van der Waals surface area contributed by atoms with Crippen molar-refractivity contribution >= 4 is 11.8 Å². The summed E-state index contributed by atoms with van der Waals surface area (Å²) in [5, 5.41) is 10.9. The highest BCUT2D eigenvalue weighted by atomic mass is 32.2. The van der Waals surface area contributed by atoms with Crippen LogP contribution < -0.4 is 0 Å². The Hall–Kier alpha value is -1.41. The van der Waals surface area contributed by atoms with Crippen molar-refractivity contribution in [2.45, 2.75) is 76.0 Å². The van der Waals surface area contributed by atoms with E-state index in [-0.39, 0.29) is 0 Å². The standard InChI is InChI=1S/C24H30OS/c1-2-3-16-26-22-15-13-18-9-5-7-11-20(18)24(22)23-19-10-6-4-8-17(19)12-14-21(23)25/h12-15,25H,2-11,16H2,1H3. The van der Waals surface area contributed by atoms with Crippen molar-refractivity contribution in [2.75, 3.05) is 5.75 Å². The molecule has 2 aliphatic rings. The van der Waals surface area contributed by atoms with Crippen molar-refractivity contribution in [1.29, 1.82) is 0 Å². The first-order chi connectivity index (χ1) is 12.8. The molecule has 0 unspecified atom stereocenters. The van der Waals surface area contributed by atoms with Crippen molar-refractivity contribution in [3.05, 3.63) is 46.5 Å². The second-order valence-corrected chi connectivity index (χ2v) is 8.93. The Bertz CT molecular complexity index is 793. The average molecular weight is 367 g/mol. The van der Waals surface area contributed by atoms with Crippen LogP contribution in [0, 0.1) is 0 Å². The van der Waals surface area contributed by atoms with E-state index < -0.39 is 0 Å². The van der Waals surface area contributed by atoms with Crippen molar-refractivity contribution in [3.63, 3.8) is 0 Å². The zero-order valence-corrected chi connectivity index (χ0v) is 16.8. The van der Waals surface area contributed by atoms with Crippen molar-refractivity contribution in [1.82, 2.24) is 0 Å². The third kappa shape index (κ3) is 3.41. The first kappa shape index (κ1) is 18.0. The number of thioether (sulfide) groups is 1. The quantitative estimate of drug-likeness (QED) is 0.469. The van der Waals surface area contributed by atoms with Gasteiger partial charge in [0.05, 0.1) is 0 Å². The smallest absolute Gasteiger partial charge is 0.123 e. The molecule has 2 heteroatoms. The Kier molecular flexibility index (Phi) is 5.59. The number of fused-ring (bicyclic) bond motifs is 2. The molecule has 0 amide bonds. The molecule has 138 valence electrons. The van der Waals surface area contributed by atoms with Crippen LogP contribution in [0.4, 0.5) is 0 Å². The van der Waals surface area contributed by atoms with Crippen molar-refractivity contribution in [2.24, 2.45) is 0 Å².